The summed E-state index contributed by atoms with van der Waals surface area (Å²) in [5.41, 5.74) is 0.326. The molecule has 1 fully saturated rings. The minimum absolute atomic E-state index is 0.0259. The van der Waals surface area contributed by atoms with E-state index >= 15 is 0 Å². The molecule has 2 rings (SSSR count). The van der Waals surface area contributed by atoms with Crippen molar-refractivity contribution in [3.05, 3.63) is 18.3 Å². The zero-order valence-electron chi connectivity index (χ0n) is 12.3. The molecule has 20 heavy (non-hydrogen) atoms. The molecule has 1 aliphatic rings. The first-order chi connectivity index (χ1) is 9.34. The van der Waals surface area contributed by atoms with E-state index in [1.165, 1.54) is 0 Å². The molecule has 1 saturated carbocycles. The third-order valence-electron chi connectivity index (χ3n) is 3.96. The zero-order chi connectivity index (χ0) is 14.8. The molecular weight excluding hydrogens is 274 g/mol. The van der Waals surface area contributed by atoms with Crippen LogP contribution < -0.4 is 10.0 Å². The minimum Gasteiger partial charge on any atom is -0.372 e. The Morgan fingerprint density at radius 3 is 2.55 bits per heavy atom. The number of rotatable bonds is 4. The molecule has 0 aliphatic heterocycles. The highest BCUT2D eigenvalue weighted by atomic mass is 32.2. The third-order valence-corrected chi connectivity index (χ3v) is 5.51. The van der Waals surface area contributed by atoms with Crippen molar-refractivity contribution in [3.8, 4) is 0 Å². The number of nitrogens with one attached hydrogen (secondary N) is 2. The van der Waals surface area contributed by atoms with Crippen LogP contribution in [0.5, 0.6) is 0 Å². The fourth-order valence-corrected chi connectivity index (χ4v) is 4.06. The lowest BCUT2D eigenvalue weighted by atomic mass is 9.76. The van der Waals surface area contributed by atoms with E-state index < -0.39 is 10.0 Å². The number of anilines is 1. The summed E-state index contributed by atoms with van der Waals surface area (Å²) in [4.78, 5) is 4.26. The van der Waals surface area contributed by atoms with Crippen molar-refractivity contribution in [2.75, 3.05) is 12.4 Å². The van der Waals surface area contributed by atoms with Gasteiger partial charge in [0.25, 0.3) is 0 Å². The standard InChI is InChI=1S/C14H23N3O2S/c1-14(2)8-6-11(7-9-14)17-20(18,19)12-5-4-10-16-13(12)15-3/h4-5,10-11,17H,6-9H2,1-3H3,(H,15,16). The van der Waals surface area contributed by atoms with Gasteiger partial charge in [-0.25, -0.2) is 18.1 Å². The van der Waals surface area contributed by atoms with Crippen LogP contribution in [0.25, 0.3) is 0 Å². The maximum atomic E-state index is 12.5. The monoisotopic (exact) mass is 297 g/mol. The Bertz CT molecular complexity index is 560. The van der Waals surface area contributed by atoms with Gasteiger partial charge in [0.05, 0.1) is 0 Å². The lowest BCUT2D eigenvalue weighted by molar-refractivity contribution is 0.218. The summed E-state index contributed by atoms with van der Waals surface area (Å²) in [5.74, 6) is 0.385. The van der Waals surface area contributed by atoms with Crippen LogP contribution in [0.15, 0.2) is 23.2 Å². The molecule has 0 atom stereocenters. The summed E-state index contributed by atoms with van der Waals surface area (Å²) in [6.45, 7) is 4.47. The molecule has 0 aromatic carbocycles. The topological polar surface area (TPSA) is 71.1 Å². The van der Waals surface area contributed by atoms with Gasteiger partial charge >= 0.3 is 0 Å². The van der Waals surface area contributed by atoms with Crippen molar-refractivity contribution in [1.82, 2.24) is 9.71 Å². The molecular formula is C14H23N3O2S. The van der Waals surface area contributed by atoms with Gasteiger partial charge in [-0.15, -0.1) is 0 Å². The van der Waals surface area contributed by atoms with Gasteiger partial charge in [-0.2, -0.15) is 0 Å². The fourth-order valence-electron chi connectivity index (χ4n) is 2.60. The Morgan fingerprint density at radius 2 is 1.95 bits per heavy atom. The summed E-state index contributed by atoms with van der Waals surface area (Å²) < 4.78 is 27.7. The highest BCUT2D eigenvalue weighted by molar-refractivity contribution is 7.89. The second-order valence-electron chi connectivity index (χ2n) is 6.16. The molecule has 6 heteroatoms. The Kier molecular flexibility index (Phi) is 4.34. The van der Waals surface area contributed by atoms with E-state index in [1.807, 2.05) is 0 Å². The maximum Gasteiger partial charge on any atom is 0.244 e. The minimum atomic E-state index is -3.51. The number of pyridine rings is 1. The number of nitrogens with zero attached hydrogens (tertiary/aromatic N) is 1. The number of aromatic nitrogens is 1. The van der Waals surface area contributed by atoms with E-state index in [0.29, 0.717) is 11.2 Å². The lowest BCUT2D eigenvalue weighted by Gasteiger charge is -2.34. The van der Waals surface area contributed by atoms with Crippen molar-refractivity contribution in [2.45, 2.75) is 50.5 Å². The van der Waals surface area contributed by atoms with Crippen molar-refractivity contribution in [1.29, 1.82) is 0 Å². The molecule has 0 spiro atoms. The number of sulfonamides is 1. The first-order valence-electron chi connectivity index (χ1n) is 6.99. The van der Waals surface area contributed by atoms with E-state index in [-0.39, 0.29) is 10.9 Å². The highest BCUT2D eigenvalue weighted by Gasteiger charge is 2.30. The van der Waals surface area contributed by atoms with Gasteiger partial charge in [-0.1, -0.05) is 13.8 Å². The van der Waals surface area contributed by atoms with E-state index in [2.05, 4.69) is 28.9 Å². The van der Waals surface area contributed by atoms with E-state index in [9.17, 15) is 8.42 Å². The summed E-state index contributed by atoms with van der Waals surface area (Å²) in [6, 6.07) is 3.24. The van der Waals surface area contributed by atoms with Crippen molar-refractivity contribution >= 4 is 15.8 Å². The highest BCUT2D eigenvalue weighted by Crippen LogP contribution is 2.35. The SMILES string of the molecule is CNc1ncccc1S(=O)(=O)NC1CCC(C)(C)CC1. The van der Waals surface area contributed by atoms with Crippen molar-refractivity contribution in [3.63, 3.8) is 0 Å². The molecule has 2 N–H and O–H groups in total. The molecule has 0 saturated heterocycles. The molecule has 1 aliphatic carbocycles. The van der Waals surface area contributed by atoms with E-state index in [1.54, 1.807) is 25.4 Å². The predicted octanol–water partition coefficient (Wildman–Crippen LogP) is 2.37. The number of hydrogen-bond acceptors (Lipinski definition) is 4. The van der Waals surface area contributed by atoms with E-state index in [0.717, 1.165) is 25.7 Å². The Hall–Kier alpha value is -1.14. The Labute approximate surface area is 121 Å². The first kappa shape index (κ1) is 15.3. The molecule has 0 radical (unpaired) electrons. The molecule has 1 heterocycles. The third kappa shape index (κ3) is 3.49. The molecule has 112 valence electrons. The van der Waals surface area contributed by atoms with Gasteiger partial charge < -0.3 is 5.32 Å². The van der Waals surface area contributed by atoms with Crippen LogP contribution in [0.1, 0.15) is 39.5 Å². The Balaban J connectivity index is 2.12. The Morgan fingerprint density at radius 1 is 1.30 bits per heavy atom. The average Bonchev–Trinajstić information content (AvgIpc) is 2.41. The largest absolute Gasteiger partial charge is 0.372 e. The molecule has 1 aromatic rings. The predicted molar refractivity (Wildman–Crippen MR) is 80.1 cm³/mol. The van der Waals surface area contributed by atoms with Crippen LogP contribution >= 0.6 is 0 Å². The molecule has 0 amide bonds. The fraction of sp³-hybridized carbons (Fsp3) is 0.643. The van der Waals surface area contributed by atoms with Crippen LogP contribution in [0.2, 0.25) is 0 Å². The maximum absolute atomic E-state index is 12.5. The molecule has 5 nitrogen and oxygen atoms in total. The van der Waals surface area contributed by atoms with Crippen LogP contribution in [-0.2, 0) is 10.0 Å². The summed E-state index contributed by atoms with van der Waals surface area (Å²) in [5, 5.41) is 2.82. The van der Waals surface area contributed by atoms with Gasteiger partial charge in [-0.05, 0) is 43.2 Å². The lowest BCUT2D eigenvalue weighted by Crippen LogP contribution is -2.39. The first-order valence-corrected chi connectivity index (χ1v) is 8.47. The van der Waals surface area contributed by atoms with Gasteiger partial charge in [0, 0.05) is 19.3 Å². The van der Waals surface area contributed by atoms with Gasteiger partial charge in [0.1, 0.15) is 10.7 Å². The van der Waals surface area contributed by atoms with Crippen molar-refractivity contribution < 1.29 is 8.42 Å². The van der Waals surface area contributed by atoms with E-state index in [4.69, 9.17) is 0 Å². The van der Waals surface area contributed by atoms with Gasteiger partial charge in [0.15, 0.2) is 0 Å². The zero-order valence-corrected chi connectivity index (χ0v) is 13.1. The van der Waals surface area contributed by atoms with Crippen LogP contribution in [0.4, 0.5) is 5.82 Å². The van der Waals surface area contributed by atoms with Crippen LogP contribution in [0.3, 0.4) is 0 Å². The van der Waals surface area contributed by atoms with Gasteiger partial charge in [0.2, 0.25) is 10.0 Å². The summed E-state index contributed by atoms with van der Waals surface area (Å²) >= 11 is 0. The van der Waals surface area contributed by atoms with Crippen molar-refractivity contribution in [2.24, 2.45) is 5.41 Å². The normalized spacial score (nSPS) is 19.8. The summed E-state index contributed by atoms with van der Waals surface area (Å²) in [6.07, 6.45) is 5.45. The molecule has 0 unspecified atom stereocenters. The second kappa shape index (κ2) is 5.69. The van der Waals surface area contributed by atoms with Gasteiger partial charge in [-0.3, -0.25) is 0 Å². The average molecular weight is 297 g/mol. The van der Waals surface area contributed by atoms with Crippen LogP contribution in [-0.4, -0.2) is 26.5 Å². The van der Waals surface area contributed by atoms with Crippen LogP contribution in [0, 0.1) is 5.41 Å². The smallest absolute Gasteiger partial charge is 0.244 e. The summed E-state index contributed by atoms with van der Waals surface area (Å²) in [7, 11) is -1.84. The molecule has 1 aromatic heterocycles. The molecule has 0 bridgehead atoms. The number of hydrogen-bond donors (Lipinski definition) is 2. The quantitative estimate of drug-likeness (QED) is 0.895. The second-order valence-corrected chi connectivity index (χ2v) is 7.84.